The number of carbonyl (C=O) groups is 1. The first-order chi connectivity index (χ1) is 9.36. The van der Waals surface area contributed by atoms with E-state index >= 15 is 0 Å². The van der Waals surface area contributed by atoms with Gasteiger partial charge in [0, 0.05) is 31.9 Å². The second kappa shape index (κ2) is 7.24. The van der Waals surface area contributed by atoms with Crippen molar-refractivity contribution in [3.05, 3.63) is 29.3 Å². The molecule has 0 atom stereocenters. The highest BCUT2D eigenvalue weighted by Gasteiger charge is 2.16. The molecule has 0 bridgehead atoms. The van der Waals surface area contributed by atoms with Crippen LogP contribution in [0.15, 0.2) is 18.2 Å². The van der Waals surface area contributed by atoms with E-state index in [0.29, 0.717) is 11.5 Å². The molecule has 1 rings (SSSR count). The fourth-order valence-electron chi connectivity index (χ4n) is 1.98. The van der Waals surface area contributed by atoms with Gasteiger partial charge in [0.05, 0.1) is 6.54 Å². The number of likely N-dealkylation sites (N-methyl/N-ethyl adjacent to an activating group) is 1. The van der Waals surface area contributed by atoms with Crippen LogP contribution < -0.4 is 10.6 Å². The number of hydrogen-bond donors (Lipinski definition) is 1. The maximum absolute atomic E-state index is 12.0. The average Bonchev–Trinajstić information content (AvgIpc) is 2.37. The summed E-state index contributed by atoms with van der Waals surface area (Å²) in [7, 11) is 3.52. The number of rotatable bonds is 6. The Hall–Kier alpha value is -1.62. The summed E-state index contributed by atoms with van der Waals surface area (Å²) in [5.41, 5.74) is 8.69. The molecule has 0 saturated carbocycles. The maximum Gasteiger partial charge on any atom is 0.241 e. The van der Waals surface area contributed by atoms with Crippen molar-refractivity contribution in [1.82, 2.24) is 4.90 Å². The van der Waals surface area contributed by atoms with Crippen molar-refractivity contribution in [1.29, 1.82) is 0 Å². The molecule has 0 radical (unpaired) electrons. The van der Waals surface area contributed by atoms with E-state index in [1.165, 1.54) is 0 Å². The molecule has 0 saturated heterocycles. The van der Waals surface area contributed by atoms with Gasteiger partial charge in [0.25, 0.3) is 0 Å². The third kappa shape index (κ3) is 4.20. The predicted octanol–water partition coefficient (Wildman–Crippen LogP) is 1.93. The van der Waals surface area contributed by atoms with Crippen molar-refractivity contribution in [2.75, 3.05) is 32.1 Å². The van der Waals surface area contributed by atoms with Crippen molar-refractivity contribution in [3.63, 3.8) is 0 Å². The molecule has 4 nitrogen and oxygen atoms in total. The molecular weight excluding hydrogens is 270 g/mol. The fourth-order valence-corrected chi connectivity index (χ4v) is 2.15. The molecule has 110 valence electrons. The lowest BCUT2D eigenvalue weighted by atomic mass is 10.1. The van der Waals surface area contributed by atoms with Gasteiger partial charge >= 0.3 is 0 Å². The van der Waals surface area contributed by atoms with Gasteiger partial charge in [0.1, 0.15) is 4.99 Å². The summed E-state index contributed by atoms with van der Waals surface area (Å²) >= 11 is 5.13. The zero-order chi connectivity index (χ0) is 15.3. The molecule has 20 heavy (non-hydrogen) atoms. The summed E-state index contributed by atoms with van der Waals surface area (Å²) in [6.45, 7) is 5.21. The molecule has 5 heteroatoms. The van der Waals surface area contributed by atoms with E-state index in [2.05, 4.69) is 6.92 Å². The number of nitrogens with zero attached hydrogens (tertiary/aromatic N) is 2. The highest BCUT2D eigenvalue weighted by molar-refractivity contribution is 7.80. The van der Waals surface area contributed by atoms with Gasteiger partial charge in [-0.25, -0.2) is 0 Å². The molecule has 0 aliphatic rings. The number of thiocarbonyl (C=S) groups is 1. The summed E-state index contributed by atoms with van der Waals surface area (Å²) < 4.78 is 0. The van der Waals surface area contributed by atoms with Crippen LogP contribution in [0.1, 0.15) is 24.5 Å². The highest BCUT2D eigenvalue weighted by atomic mass is 32.1. The van der Waals surface area contributed by atoms with Gasteiger partial charge in [0.2, 0.25) is 5.91 Å². The minimum absolute atomic E-state index is 0.0629. The monoisotopic (exact) mass is 293 g/mol. The zero-order valence-corrected chi connectivity index (χ0v) is 13.5. The van der Waals surface area contributed by atoms with Crippen LogP contribution in [-0.2, 0) is 4.79 Å². The van der Waals surface area contributed by atoms with E-state index in [1.54, 1.807) is 19.0 Å². The molecule has 0 aromatic heterocycles. The standard InChI is InChI=1S/C15H23N3OS/c1-5-8-18(10-14(19)17(3)4)13-7-6-11(2)9-12(13)15(16)20/h6-7,9H,5,8,10H2,1-4H3,(H2,16,20). The summed E-state index contributed by atoms with van der Waals surface area (Å²) in [5, 5.41) is 0. The number of aryl methyl sites for hydroxylation is 1. The second-order valence-electron chi connectivity index (χ2n) is 5.09. The minimum atomic E-state index is 0.0629. The van der Waals surface area contributed by atoms with E-state index in [4.69, 9.17) is 18.0 Å². The van der Waals surface area contributed by atoms with Crippen molar-refractivity contribution < 1.29 is 4.79 Å². The molecule has 0 fully saturated rings. The number of hydrogen-bond acceptors (Lipinski definition) is 3. The number of anilines is 1. The Morgan fingerprint density at radius 1 is 1.35 bits per heavy atom. The van der Waals surface area contributed by atoms with Gasteiger partial charge in [-0.2, -0.15) is 0 Å². The largest absolute Gasteiger partial charge is 0.389 e. The molecule has 0 spiro atoms. The highest BCUT2D eigenvalue weighted by Crippen LogP contribution is 2.22. The van der Waals surface area contributed by atoms with Crippen LogP contribution in [0, 0.1) is 6.92 Å². The molecule has 0 heterocycles. The summed E-state index contributed by atoms with van der Waals surface area (Å²) in [4.78, 5) is 16.0. The van der Waals surface area contributed by atoms with E-state index in [1.807, 2.05) is 30.0 Å². The van der Waals surface area contributed by atoms with Gasteiger partial charge in [-0.05, 0) is 25.5 Å². The third-order valence-corrected chi connectivity index (χ3v) is 3.30. The Morgan fingerprint density at radius 2 is 2.00 bits per heavy atom. The van der Waals surface area contributed by atoms with E-state index < -0.39 is 0 Å². The quantitative estimate of drug-likeness (QED) is 0.814. The summed E-state index contributed by atoms with van der Waals surface area (Å²) in [5.74, 6) is 0.0629. The number of carbonyl (C=O) groups excluding carboxylic acids is 1. The van der Waals surface area contributed by atoms with Gasteiger partial charge in [-0.15, -0.1) is 0 Å². The molecule has 1 aromatic carbocycles. The SMILES string of the molecule is CCCN(CC(=O)N(C)C)c1ccc(C)cc1C(N)=S. The fraction of sp³-hybridized carbons (Fsp3) is 0.467. The Morgan fingerprint density at radius 3 is 2.50 bits per heavy atom. The summed E-state index contributed by atoms with van der Waals surface area (Å²) in [6, 6.07) is 5.97. The minimum Gasteiger partial charge on any atom is -0.389 e. The smallest absolute Gasteiger partial charge is 0.241 e. The predicted molar refractivity (Wildman–Crippen MR) is 88.3 cm³/mol. The Labute approximate surface area is 126 Å². The summed E-state index contributed by atoms with van der Waals surface area (Å²) in [6.07, 6.45) is 0.950. The topological polar surface area (TPSA) is 49.6 Å². The van der Waals surface area contributed by atoms with Crippen LogP contribution in [0.2, 0.25) is 0 Å². The first-order valence-electron chi connectivity index (χ1n) is 6.72. The Bertz CT molecular complexity index is 500. The van der Waals surface area contributed by atoms with Gasteiger partial charge in [0.15, 0.2) is 0 Å². The van der Waals surface area contributed by atoms with Crippen LogP contribution in [-0.4, -0.2) is 43.0 Å². The number of benzene rings is 1. The van der Waals surface area contributed by atoms with E-state index in [0.717, 1.165) is 29.8 Å². The van der Waals surface area contributed by atoms with Crippen molar-refractivity contribution >= 4 is 28.8 Å². The van der Waals surface area contributed by atoms with Gasteiger partial charge in [-0.3, -0.25) is 4.79 Å². The van der Waals surface area contributed by atoms with Crippen LogP contribution in [0.4, 0.5) is 5.69 Å². The second-order valence-corrected chi connectivity index (χ2v) is 5.53. The van der Waals surface area contributed by atoms with Crippen molar-refractivity contribution in [3.8, 4) is 0 Å². The molecule has 0 aliphatic carbocycles. The van der Waals surface area contributed by atoms with Gasteiger partial charge < -0.3 is 15.5 Å². The van der Waals surface area contributed by atoms with E-state index in [9.17, 15) is 4.79 Å². The maximum atomic E-state index is 12.0. The van der Waals surface area contributed by atoms with E-state index in [-0.39, 0.29) is 5.91 Å². The van der Waals surface area contributed by atoms with Crippen LogP contribution in [0.3, 0.4) is 0 Å². The van der Waals surface area contributed by atoms with Crippen LogP contribution in [0.25, 0.3) is 0 Å². The first kappa shape index (κ1) is 16.4. The molecule has 1 aromatic rings. The average molecular weight is 293 g/mol. The Balaban J connectivity index is 3.14. The molecule has 2 N–H and O–H groups in total. The normalized spacial score (nSPS) is 10.2. The lowest BCUT2D eigenvalue weighted by Crippen LogP contribution is -2.38. The number of nitrogens with two attached hydrogens (primary N) is 1. The third-order valence-electron chi connectivity index (χ3n) is 3.08. The van der Waals surface area contributed by atoms with Crippen molar-refractivity contribution in [2.45, 2.75) is 20.3 Å². The Kier molecular flexibility index (Phi) is 5.95. The molecule has 0 unspecified atom stereocenters. The lowest BCUT2D eigenvalue weighted by molar-refractivity contribution is -0.127. The van der Waals surface area contributed by atoms with Crippen molar-refractivity contribution in [2.24, 2.45) is 5.73 Å². The first-order valence-corrected chi connectivity index (χ1v) is 7.13. The lowest BCUT2D eigenvalue weighted by Gasteiger charge is -2.27. The molecular formula is C15H23N3OS. The zero-order valence-electron chi connectivity index (χ0n) is 12.6. The molecule has 0 aliphatic heterocycles. The number of amides is 1. The van der Waals surface area contributed by atoms with Crippen LogP contribution in [0.5, 0.6) is 0 Å². The van der Waals surface area contributed by atoms with Crippen LogP contribution >= 0.6 is 12.2 Å². The van der Waals surface area contributed by atoms with Gasteiger partial charge in [-0.1, -0.05) is 30.8 Å². The molecule has 1 amide bonds.